The number of aromatic amines is 2. The number of imidazole rings is 1. The van der Waals surface area contributed by atoms with Crippen LogP contribution in [-0.2, 0) is 24.8 Å². The lowest BCUT2D eigenvalue weighted by molar-refractivity contribution is -0.121. The largest absolute Gasteiger partial charge is 0.439 e. The van der Waals surface area contributed by atoms with Crippen LogP contribution in [0.2, 0.25) is 0 Å². The number of nitrogens with one attached hydrogen (secondary N) is 3. The first-order valence-corrected chi connectivity index (χ1v) is 9.72. The number of nitrogens with zero attached hydrogens (tertiary/aromatic N) is 3. The van der Waals surface area contributed by atoms with Crippen molar-refractivity contribution in [3.8, 4) is 11.6 Å². The Morgan fingerprint density at radius 3 is 2.75 bits per heavy atom. The highest BCUT2D eigenvalue weighted by Crippen LogP contribution is 2.20. The highest BCUT2D eigenvalue weighted by Gasteiger charge is 2.12. The van der Waals surface area contributed by atoms with E-state index in [1.165, 1.54) is 35.9 Å². The molecule has 3 heterocycles. The zero-order chi connectivity index (χ0) is 22.7. The van der Waals surface area contributed by atoms with E-state index in [-0.39, 0.29) is 42.3 Å². The van der Waals surface area contributed by atoms with Crippen molar-refractivity contribution < 1.29 is 13.9 Å². The van der Waals surface area contributed by atoms with E-state index in [4.69, 9.17) is 4.74 Å². The van der Waals surface area contributed by atoms with Gasteiger partial charge in [-0.3, -0.25) is 19.1 Å². The van der Waals surface area contributed by atoms with Crippen molar-refractivity contribution in [1.82, 2.24) is 29.8 Å². The van der Waals surface area contributed by atoms with Crippen LogP contribution in [0.5, 0.6) is 11.6 Å². The molecule has 1 amide bonds. The normalized spacial score (nSPS) is 10.9. The number of aromatic nitrogens is 5. The Morgan fingerprint density at radius 2 is 1.97 bits per heavy atom. The minimum Gasteiger partial charge on any atom is -0.439 e. The van der Waals surface area contributed by atoms with Crippen molar-refractivity contribution >= 4 is 17.1 Å². The lowest BCUT2D eigenvalue weighted by Gasteiger charge is -2.08. The van der Waals surface area contributed by atoms with E-state index >= 15 is 0 Å². The van der Waals surface area contributed by atoms with Crippen LogP contribution in [0, 0.1) is 5.82 Å². The van der Waals surface area contributed by atoms with Gasteiger partial charge in [0.1, 0.15) is 22.9 Å². The summed E-state index contributed by atoms with van der Waals surface area (Å²) in [5, 5.41) is 2.80. The molecule has 164 valence electrons. The van der Waals surface area contributed by atoms with Crippen LogP contribution in [0.1, 0.15) is 17.8 Å². The van der Waals surface area contributed by atoms with Crippen molar-refractivity contribution in [3.63, 3.8) is 0 Å². The zero-order valence-corrected chi connectivity index (χ0v) is 17.0. The van der Waals surface area contributed by atoms with Crippen molar-refractivity contribution in [2.24, 2.45) is 7.05 Å². The molecule has 3 aromatic heterocycles. The number of hydrogen-bond donors (Lipinski definition) is 3. The third-order valence-electron chi connectivity index (χ3n) is 4.72. The highest BCUT2D eigenvalue weighted by atomic mass is 19.1. The molecule has 32 heavy (non-hydrogen) atoms. The number of benzene rings is 1. The monoisotopic (exact) mass is 438 g/mol. The molecule has 4 rings (SSSR count). The van der Waals surface area contributed by atoms with Gasteiger partial charge in [-0.1, -0.05) is 0 Å². The number of ether oxygens (including phenoxy) is 1. The lowest BCUT2D eigenvalue weighted by Crippen LogP contribution is -2.28. The fraction of sp³-hybridized carbons (Fsp3) is 0.190. The van der Waals surface area contributed by atoms with Gasteiger partial charge in [0, 0.05) is 38.7 Å². The smallest absolute Gasteiger partial charge is 0.329 e. The molecular weight excluding hydrogens is 419 g/mol. The SMILES string of the molecule is Cn1c(=O)[nH]c(=O)c2[nH]c(CCC(=O)NCc3ccnc(Oc4ccc(F)cc4)c3)nc21. The number of H-pyrrole nitrogens is 2. The summed E-state index contributed by atoms with van der Waals surface area (Å²) in [6.45, 7) is 0.259. The van der Waals surface area contributed by atoms with Gasteiger partial charge in [-0.25, -0.2) is 19.2 Å². The van der Waals surface area contributed by atoms with E-state index in [2.05, 4.69) is 25.3 Å². The maximum absolute atomic E-state index is 13.0. The van der Waals surface area contributed by atoms with Crippen LogP contribution in [0.3, 0.4) is 0 Å². The van der Waals surface area contributed by atoms with E-state index in [9.17, 15) is 18.8 Å². The van der Waals surface area contributed by atoms with Crippen molar-refractivity contribution in [3.05, 3.63) is 80.6 Å². The predicted octanol–water partition coefficient (Wildman–Crippen LogP) is 1.53. The van der Waals surface area contributed by atoms with Gasteiger partial charge in [0.05, 0.1) is 0 Å². The van der Waals surface area contributed by atoms with Crippen LogP contribution in [0.25, 0.3) is 11.2 Å². The Kier molecular flexibility index (Phi) is 5.79. The number of halogens is 1. The van der Waals surface area contributed by atoms with Gasteiger partial charge in [-0.05, 0) is 35.9 Å². The van der Waals surface area contributed by atoms with E-state index in [1.807, 2.05) is 0 Å². The minimum atomic E-state index is -0.557. The molecule has 4 aromatic rings. The molecule has 0 radical (unpaired) electrons. The number of rotatable bonds is 7. The van der Waals surface area contributed by atoms with Crippen LogP contribution >= 0.6 is 0 Å². The zero-order valence-electron chi connectivity index (χ0n) is 17.0. The molecule has 0 aliphatic rings. The second-order valence-electron chi connectivity index (χ2n) is 7.04. The van der Waals surface area contributed by atoms with Crippen molar-refractivity contribution in [1.29, 1.82) is 0 Å². The maximum atomic E-state index is 13.0. The van der Waals surface area contributed by atoms with Gasteiger partial charge in [0.25, 0.3) is 5.56 Å². The molecule has 3 N–H and O–H groups in total. The molecule has 0 atom stereocenters. The summed E-state index contributed by atoms with van der Waals surface area (Å²) >= 11 is 0. The molecule has 11 heteroatoms. The summed E-state index contributed by atoms with van der Waals surface area (Å²) in [7, 11) is 1.50. The summed E-state index contributed by atoms with van der Waals surface area (Å²) in [5.41, 5.74) is 0.0874. The molecule has 0 aliphatic heterocycles. The van der Waals surface area contributed by atoms with Gasteiger partial charge < -0.3 is 15.0 Å². The molecule has 0 aliphatic carbocycles. The standard InChI is InChI=1S/C21H19FN6O4/c1-28-19-18(20(30)27-21(28)31)25-15(26-19)6-7-16(29)24-11-12-8-9-23-17(10-12)32-14-4-2-13(22)3-5-14/h2-5,8-10H,6-7,11H2,1H3,(H,24,29)(H,25,26)(H,27,30,31). The number of carbonyl (C=O) groups is 1. The molecule has 0 fully saturated rings. The molecular formula is C21H19FN6O4. The van der Waals surface area contributed by atoms with Crippen LogP contribution < -0.4 is 21.3 Å². The van der Waals surface area contributed by atoms with Crippen molar-refractivity contribution in [2.45, 2.75) is 19.4 Å². The average molecular weight is 438 g/mol. The van der Waals surface area contributed by atoms with E-state index < -0.39 is 11.2 Å². The summed E-state index contributed by atoms with van der Waals surface area (Å²) in [5.74, 6) is 0.621. The Labute approximate surface area is 180 Å². The predicted molar refractivity (Wildman–Crippen MR) is 113 cm³/mol. The molecule has 0 bridgehead atoms. The summed E-state index contributed by atoms with van der Waals surface area (Å²) < 4.78 is 19.8. The van der Waals surface area contributed by atoms with Crippen LogP contribution in [-0.4, -0.2) is 30.4 Å². The Bertz CT molecular complexity index is 1390. The molecule has 1 aromatic carbocycles. The van der Waals surface area contributed by atoms with E-state index in [1.54, 1.807) is 18.3 Å². The molecule has 0 saturated heterocycles. The van der Waals surface area contributed by atoms with Gasteiger partial charge in [0.2, 0.25) is 11.8 Å². The molecule has 10 nitrogen and oxygen atoms in total. The third kappa shape index (κ3) is 4.72. The number of amides is 1. The average Bonchev–Trinajstić information content (AvgIpc) is 3.22. The Balaban J connectivity index is 1.33. The van der Waals surface area contributed by atoms with Crippen molar-refractivity contribution in [2.75, 3.05) is 0 Å². The number of pyridine rings is 1. The quantitative estimate of drug-likeness (QED) is 0.401. The molecule has 0 unspecified atom stereocenters. The second-order valence-corrected chi connectivity index (χ2v) is 7.04. The number of fused-ring (bicyclic) bond motifs is 1. The molecule has 0 spiro atoms. The maximum Gasteiger partial charge on any atom is 0.329 e. The first-order valence-electron chi connectivity index (χ1n) is 9.72. The third-order valence-corrected chi connectivity index (χ3v) is 4.72. The summed E-state index contributed by atoms with van der Waals surface area (Å²) in [4.78, 5) is 49.2. The lowest BCUT2D eigenvalue weighted by atomic mass is 10.2. The van der Waals surface area contributed by atoms with Gasteiger partial charge in [0.15, 0.2) is 5.65 Å². The van der Waals surface area contributed by atoms with Crippen LogP contribution in [0.4, 0.5) is 4.39 Å². The van der Waals surface area contributed by atoms with E-state index in [0.717, 1.165) is 5.56 Å². The molecule has 0 saturated carbocycles. The summed E-state index contributed by atoms with van der Waals surface area (Å²) in [6, 6.07) is 8.98. The Hall–Kier alpha value is -4.28. The first-order chi connectivity index (χ1) is 15.4. The number of aryl methyl sites for hydroxylation is 2. The number of carbonyl (C=O) groups excluding carboxylic acids is 1. The van der Waals surface area contributed by atoms with Gasteiger partial charge >= 0.3 is 5.69 Å². The fourth-order valence-electron chi connectivity index (χ4n) is 3.03. The van der Waals surface area contributed by atoms with Gasteiger partial charge in [-0.15, -0.1) is 0 Å². The van der Waals surface area contributed by atoms with E-state index in [0.29, 0.717) is 17.5 Å². The number of hydrogen-bond acceptors (Lipinski definition) is 6. The topological polar surface area (TPSA) is 135 Å². The highest BCUT2D eigenvalue weighted by molar-refractivity contribution is 5.76. The first kappa shape index (κ1) is 21.0. The fourth-order valence-corrected chi connectivity index (χ4v) is 3.03. The second kappa shape index (κ2) is 8.84. The summed E-state index contributed by atoms with van der Waals surface area (Å²) in [6.07, 6.45) is 1.95. The minimum absolute atomic E-state index is 0.135. The van der Waals surface area contributed by atoms with Gasteiger partial charge in [-0.2, -0.15) is 0 Å². The Morgan fingerprint density at radius 1 is 1.19 bits per heavy atom. The van der Waals surface area contributed by atoms with Crippen LogP contribution in [0.15, 0.2) is 52.2 Å².